The lowest BCUT2D eigenvalue weighted by molar-refractivity contribution is 0.155. The molecule has 1 unspecified atom stereocenters. The summed E-state index contributed by atoms with van der Waals surface area (Å²) in [6.45, 7) is 2.38. The number of hydrogen-bond donors (Lipinski definition) is 2. The first-order valence-electron chi connectivity index (χ1n) is 5.14. The lowest BCUT2D eigenvalue weighted by atomic mass is 9.96. The van der Waals surface area contributed by atoms with Crippen molar-refractivity contribution >= 4 is 11.6 Å². The largest absolute Gasteiger partial charge is 0.394 e. The molecule has 2 rings (SSSR count). The van der Waals surface area contributed by atoms with Crippen LogP contribution in [0.1, 0.15) is 18.5 Å². The Bertz CT molecular complexity index is 342. The molecule has 1 fully saturated rings. The molecule has 0 bridgehead atoms. The Morgan fingerprint density at radius 3 is 2.80 bits per heavy atom. The van der Waals surface area contributed by atoms with Gasteiger partial charge in [-0.1, -0.05) is 11.6 Å². The van der Waals surface area contributed by atoms with Crippen LogP contribution in [0.3, 0.4) is 0 Å². The highest BCUT2D eigenvalue weighted by Gasteiger charge is 2.42. The Hall–Kier alpha value is -0.580. The van der Waals surface area contributed by atoms with E-state index in [1.807, 2.05) is 6.92 Å². The van der Waals surface area contributed by atoms with Crippen LogP contribution in [0.15, 0.2) is 6.20 Å². The maximum atomic E-state index is 9.33. The molecule has 5 heteroatoms. The maximum absolute atomic E-state index is 9.33. The van der Waals surface area contributed by atoms with Crippen molar-refractivity contribution in [3.63, 3.8) is 0 Å². The standard InChI is InChI=1S/C10H16ClN3O/c1-7-9(11)4-14(13-7)5-10(12,6-15)8-2-3-8/h4,8,15H,2-3,5-6,12H2,1H3. The molecule has 3 N–H and O–H groups in total. The van der Waals surface area contributed by atoms with Crippen LogP contribution in [0.4, 0.5) is 0 Å². The second-order valence-corrected chi connectivity index (χ2v) is 4.83. The number of rotatable bonds is 4. The second kappa shape index (κ2) is 3.77. The average Bonchev–Trinajstić information content (AvgIpc) is 2.96. The van der Waals surface area contributed by atoms with Crippen molar-refractivity contribution in [3.05, 3.63) is 16.9 Å². The number of nitrogens with zero attached hydrogens (tertiary/aromatic N) is 2. The molecule has 1 heterocycles. The van der Waals surface area contributed by atoms with Gasteiger partial charge in [0.2, 0.25) is 0 Å². The SMILES string of the molecule is Cc1nn(CC(N)(CO)C2CC2)cc1Cl. The number of hydrogen-bond acceptors (Lipinski definition) is 3. The third-order valence-corrected chi connectivity index (χ3v) is 3.40. The Morgan fingerprint density at radius 2 is 2.40 bits per heavy atom. The van der Waals surface area contributed by atoms with Gasteiger partial charge in [0.25, 0.3) is 0 Å². The van der Waals surface area contributed by atoms with Gasteiger partial charge in [-0.25, -0.2) is 0 Å². The van der Waals surface area contributed by atoms with E-state index in [0.717, 1.165) is 18.5 Å². The first kappa shape index (κ1) is 10.9. The fraction of sp³-hybridized carbons (Fsp3) is 0.700. The van der Waals surface area contributed by atoms with E-state index in [1.54, 1.807) is 10.9 Å². The summed E-state index contributed by atoms with van der Waals surface area (Å²) in [7, 11) is 0. The van der Waals surface area contributed by atoms with Gasteiger partial charge in [0.1, 0.15) is 0 Å². The quantitative estimate of drug-likeness (QED) is 0.808. The van der Waals surface area contributed by atoms with E-state index in [0.29, 0.717) is 17.5 Å². The lowest BCUT2D eigenvalue weighted by Crippen LogP contribution is -2.49. The minimum absolute atomic E-state index is 0.00576. The van der Waals surface area contributed by atoms with Crippen LogP contribution in [0.2, 0.25) is 5.02 Å². The molecule has 1 aliphatic carbocycles. The molecule has 0 aliphatic heterocycles. The number of aliphatic hydroxyl groups excluding tert-OH is 1. The molecular weight excluding hydrogens is 214 g/mol. The van der Waals surface area contributed by atoms with Crippen molar-refractivity contribution < 1.29 is 5.11 Å². The van der Waals surface area contributed by atoms with Gasteiger partial charge < -0.3 is 10.8 Å². The molecule has 0 saturated heterocycles. The summed E-state index contributed by atoms with van der Waals surface area (Å²) in [5.74, 6) is 0.422. The van der Waals surface area contributed by atoms with Crippen molar-refractivity contribution in [1.29, 1.82) is 0 Å². The summed E-state index contributed by atoms with van der Waals surface area (Å²) >= 11 is 5.91. The van der Waals surface area contributed by atoms with Crippen molar-refractivity contribution in [2.75, 3.05) is 6.61 Å². The highest BCUT2D eigenvalue weighted by Crippen LogP contribution is 2.38. The highest BCUT2D eigenvalue weighted by molar-refractivity contribution is 6.31. The molecule has 0 radical (unpaired) electrons. The average molecular weight is 230 g/mol. The first-order chi connectivity index (χ1) is 7.05. The van der Waals surface area contributed by atoms with Gasteiger partial charge in [0.15, 0.2) is 0 Å². The number of aliphatic hydroxyl groups is 1. The maximum Gasteiger partial charge on any atom is 0.0814 e. The van der Waals surface area contributed by atoms with E-state index < -0.39 is 5.54 Å². The molecule has 0 amide bonds. The number of aryl methyl sites for hydroxylation is 1. The molecule has 1 aromatic heterocycles. The second-order valence-electron chi connectivity index (χ2n) is 4.43. The summed E-state index contributed by atoms with van der Waals surface area (Å²) in [4.78, 5) is 0. The third-order valence-electron chi connectivity index (χ3n) is 3.03. The van der Waals surface area contributed by atoms with Crippen molar-refractivity contribution in [2.24, 2.45) is 11.7 Å². The molecule has 4 nitrogen and oxygen atoms in total. The van der Waals surface area contributed by atoms with Crippen molar-refractivity contribution in [1.82, 2.24) is 9.78 Å². The minimum Gasteiger partial charge on any atom is -0.394 e. The summed E-state index contributed by atoms with van der Waals surface area (Å²) in [5, 5.41) is 14.2. The van der Waals surface area contributed by atoms with Gasteiger partial charge in [0, 0.05) is 6.20 Å². The summed E-state index contributed by atoms with van der Waals surface area (Å²) in [6.07, 6.45) is 3.96. The fourth-order valence-corrected chi connectivity index (χ4v) is 1.99. The summed E-state index contributed by atoms with van der Waals surface area (Å²) in [6, 6.07) is 0. The van der Waals surface area contributed by atoms with E-state index >= 15 is 0 Å². The van der Waals surface area contributed by atoms with Gasteiger partial charge in [-0.15, -0.1) is 0 Å². The van der Waals surface area contributed by atoms with Crippen molar-refractivity contribution in [2.45, 2.75) is 31.8 Å². The van der Waals surface area contributed by atoms with Gasteiger partial charge in [-0.05, 0) is 25.7 Å². The van der Waals surface area contributed by atoms with Crippen LogP contribution in [0.5, 0.6) is 0 Å². The van der Waals surface area contributed by atoms with Crippen LogP contribution in [-0.4, -0.2) is 27.0 Å². The predicted octanol–water partition coefficient (Wildman–Crippen LogP) is 0.945. The number of halogens is 1. The number of nitrogens with two attached hydrogens (primary N) is 1. The van der Waals surface area contributed by atoms with E-state index in [9.17, 15) is 5.11 Å². The highest BCUT2D eigenvalue weighted by atomic mass is 35.5. The zero-order valence-corrected chi connectivity index (χ0v) is 9.54. The monoisotopic (exact) mass is 229 g/mol. The zero-order valence-electron chi connectivity index (χ0n) is 8.78. The van der Waals surface area contributed by atoms with Crippen LogP contribution in [-0.2, 0) is 6.54 Å². The minimum atomic E-state index is -0.540. The fourth-order valence-electron chi connectivity index (χ4n) is 1.84. The Kier molecular flexibility index (Phi) is 2.75. The lowest BCUT2D eigenvalue weighted by Gasteiger charge is -2.26. The van der Waals surface area contributed by atoms with Crippen LogP contribution in [0.25, 0.3) is 0 Å². The van der Waals surface area contributed by atoms with Crippen LogP contribution in [0, 0.1) is 12.8 Å². The Morgan fingerprint density at radius 1 is 1.73 bits per heavy atom. The van der Waals surface area contributed by atoms with Gasteiger partial charge in [0.05, 0.1) is 29.4 Å². The number of aromatic nitrogens is 2. The first-order valence-corrected chi connectivity index (χ1v) is 5.52. The van der Waals surface area contributed by atoms with E-state index in [4.69, 9.17) is 17.3 Å². The molecule has 1 aliphatic rings. The Labute approximate surface area is 94.0 Å². The summed E-state index contributed by atoms with van der Waals surface area (Å²) in [5.41, 5.74) is 6.40. The molecule has 84 valence electrons. The van der Waals surface area contributed by atoms with Crippen LogP contribution >= 0.6 is 11.6 Å². The topological polar surface area (TPSA) is 64.1 Å². The van der Waals surface area contributed by atoms with E-state index in [-0.39, 0.29) is 6.61 Å². The van der Waals surface area contributed by atoms with Gasteiger partial charge in [-0.3, -0.25) is 4.68 Å². The van der Waals surface area contributed by atoms with E-state index in [1.165, 1.54) is 0 Å². The molecular formula is C10H16ClN3O. The third kappa shape index (κ3) is 2.17. The van der Waals surface area contributed by atoms with E-state index in [2.05, 4.69) is 5.10 Å². The Balaban J connectivity index is 2.12. The predicted molar refractivity (Wildman–Crippen MR) is 58.7 cm³/mol. The van der Waals surface area contributed by atoms with Crippen LogP contribution < -0.4 is 5.73 Å². The molecule has 1 aromatic rings. The molecule has 15 heavy (non-hydrogen) atoms. The smallest absolute Gasteiger partial charge is 0.0814 e. The zero-order chi connectivity index (χ0) is 11.1. The molecule has 1 atom stereocenters. The van der Waals surface area contributed by atoms with Gasteiger partial charge in [-0.2, -0.15) is 5.10 Å². The van der Waals surface area contributed by atoms with Gasteiger partial charge >= 0.3 is 0 Å². The molecule has 0 spiro atoms. The normalized spacial score (nSPS) is 20.3. The summed E-state index contributed by atoms with van der Waals surface area (Å²) < 4.78 is 1.73. The van der Waals surface area contributed by atoms with Crippen molar-refractivity contribution in [3.8, 4) is 0 Å². The molecule has 1 saturated carbocycles. The molecule has 0 aromatic carbocycles.